The highest BCUT2D eigenvalue weighted by atomic mass is 31.2. The van der Waals surface area contributed by atoms with Crippen molar-refractivity contribution in [2.45, 2.75) is 116 Å². The number of ether oxygens (including phenoxy) is 2. The number of unbranched alkanes of at least 4 members (excludes halogenated alkanes) is 11. The number of carbonyl (C=O) groups is 2. The number of likely N-dealkylation sites (N-methyl/N-ethyl adjacent to an activating group) is 1. The Morgan fingerprint density at radius 2 is 1.22 bits per heavy atom. The van der Waals surface area contributed by atoms with Crippen LogP contribution in [0.1, 0.15) is 110 Å². The number of phosphoric acid groups is 1. The summed E-state index contributed by atoms with van der Waals surface area (Å²) in [6.07, 6.45) is 13.4. The molecule has 0 saturated heterocycles. The molecule has 1 unspecified atom stereocenters. The van der Waals surface area contributed by atoms with Gasteiger partial charge in [0.15, 0.2) is 6.10 Å². The van der Waals surface area contributed by atoms with Crippen molar-refractivity contribution in [2.75, 3.05) is 47.5 Å². The van der Waals surface area contributed by atoms with Gasteiger partial charge in [-0.05, 0) is 12.8 Å². The number of quaternary nitrogens is 1. The molecular formula is C27H55NO8P+. The molecule has 2 atom stereocenters. The van der Waals surface area contributed by atoms with Gasteiger partial charge in [-0.2, -0.15) is 0 Å². The van der Waals surface area contributed by atoms with E-state index in [0.29, 0.717) is 23.9 Å². The summed E-state index contributed by atoms with van der Waals surface area (Å²) in [6, 6.07) is 0. The Balaban J connectivity index is 4.58. The first-order valence-corrected chi connectivity index (χ1v) is 15.8. The summed E-state index contributed by atoms with van der Waals surface area (Å²) in [7, 11) is 1.48. The Labute approximate surface area is 225 Å². The molecule has 0 aliphatic heterocycles. The minimum atomic E-state index is -4.34. The molecule has 0 aromatic heterocycles. The summed E-state index contributed by atoms with van der Waals surface area (Å²) in [6.45, 7) is 4.26. The molecule has 0 aliphatic carbocycles. The van der Waals surface area contributed by atoms with Crippen molar-refractivity contribution in [3.8, 4) is 0 Å². The topological polar surface area (TPSA) is 108 Å². The van der Waals surface area contributed by atoms with E-state index in [-0.39, 0.29) is 25.6 Å². The van der Waals surface area contributed by atoms with Crippen LogP contribution in [-0.4, -0.2) is 74.9 Å². The van der Waals surface area contributed by atoms with Gasteiger partial charge in [0.05, 0.1) is 27.7 Å². The molecule has 0 fully saturated rings. The van der Waals surface area contributed by atoms with E-state index in [1.807, 2.05) is 21.1 Å². The van der Waals surface area contributed by atoms with Crippen LogP contribution in [0.5, 0.6) is 0 Å². The molecule has 0 aromatic carbocycles. The Morgan fingerprint density at radius 1 is 0.730 bits per heavy atom. The first-order chi connectivity index (χ1) is 17.5. The predicted octanol–water partition coefficient (Wildman–Crippen LogP) is 6.17. The maximum atomic E-state index is 12.3. The molecule has 9 nitrogen and oxygen atoms in total. The van der Waals surface area contributed by atoms with Crippen LogP contribution in [-0.2, 0) is 32.7 Å². The van der Waals surface area contributed by atoms with E-state index >= 15 is 0 Å². The average Bonchev–Trinajstić information content (AvgIpc) is 2.81. The lowest BCUT2D eigenvalue weighted by Crippen LogP contribution is -2.37. The highest BCUT2D eigenvalue weighted by molar-refractivity contribution is 7.47. The number of rotatable bonds is 25. The molecule has 0 bridgehead atoms. The van der Waals surface area contributed by atoms with Crippen molar-refractivity contribution >= 4 is 19.8 Å². The van der Waals surface area contributed by atoms with Gasteiger partial charge < -0.3 is 18.9 Å². The molecule has 0 spiro atoms. The van der Waals surface area contributed by atoms with E-state index in [1.54, 1.807) is 0 Å². The lowest BCUT2D eigenvalue weighted by molar-refractivity contribution is -0.870. The number of carbonyl (C=O) groups excluding carboxylic acids is 2. The van der Waals surface area contributed by atoms with Gasteiger partial charge in [-0.3, -0.25) is 18.6 Å². The summed E-state index contributed by atoms with van der Waals surface area (Å²) in [5, 5.41) is 0. The molecule has 220 valence electrons. The molecule has 0 aromatic rings. The van der Waals surface area contributed by atoms with Crippen molar-refractivity contribution < 1.29 is 42.1 Å². The van der Waals surface area contributed by atoms with Crippen molar-refractivity contribution in [1.29, 1.82) is 0 Å². The summed E-state index contributed by atoms with van der Waals surface area (Å²) < 4.78 is 33.6. The van der Waals surface area contributed by atoms with Crippen molar-refractivity contribution in [1.82, 2.24) is 0 Å². The third-order valence-electron chi connectivity index (χ3n) is 5.89. The standard InChI is InChI=1S/C27H54NO8P/c1-6-8-10-12-14-16-17-19-26(29)33-23-25(36-27(30)20-18-15-13-11-9-7-2)24-35-37(31,32)34-22-21-28(3,4)5/h25H,6-24H2,1-5H3/p+1/t25-/m0/s1. The number of hydrogen-bond donors (Lipinski definition) is 1. The minimum absolute atomic E-state index is 0.0349. The first-order valence-electron chi connectivity index (χ1n) is 14.3. The van der Waals surface area contributed by atoms with Crippen LogP contribution in [0, 0.1) is 0 Å². The summed E-state index contributed by atoms with van der Waals surface area (Å²) in [5.74, 6) is -0.817. The molecule has 0 rings (SSSR count). The van der Waals surface area contributed by atoms with Crippen LogP contribution in [0.2, 0.25) is 0 Å². The monoisotopic (exact) mass is 552 g/mol. The molecule has 37 heavy (non-hydrogen) atoms. The van der Waals surface area contributed by atoms with Crippen LogP contribution in [0.25, 0.3) is 0 Å². The molecule has 0 amide bonds. The second-order valence-electron chi connectivity index (χ2n) is 10.8. The Morgan fingerprint density at radius 3 is 1.73 bits per heavy atom. The van der Waals surface area contributed by atoms with Gasteiger partial charge in [-0.1, -0.05) is 84.5 Å². The lowest BCUT2D eigenvalue weighted by Gasteiger charge is -2.24. The second kappa shape index (κ2) is 21.9. The normalized spacial score (nSPS) is 14.2. The molecule has 0 aliphatic rings. The smallest absolute Gasteiger partial charge is 0.462 e. The highest BCUT2D eigenvalue weighted by Gasteiger charge is 2.27. The van der Waals surface area contributed by atoms with Gasteiger partial charge in [0.1, 0.15) is 19.8 Å². The quantitative estimate of drug-likeness (QED) is 0.0620. The number of phosphoric ester groups is 1. The minimum Gasteiger partial charge on any atom is -0.462 e. The third-order valence-corrected chi connectivity index (χ3v) is 6.87. The van der Waals surface area contributed by atoms with E-state index in [4.69, 9.17) is 18.5 Å². The fraction of sp³-hybridized carbons (Fsp3) is 0.926. The maximum absolute atomic E-state index is 12.3. The first kappa shape index (κ1) is 36.0. The van der Waals surface area contributed by atoms with Gasteiger partial charge in [0.25, 0.3) is 0 Å². The molecule has 0 heterocycles. The van der Waals surface area contributed by atoms with Crippen molar-refractivity contribution in [3.05, 3.63) is 0 Å². The number of nitrogens with zero attached hydrogens (tertiary/aromatic N) is 1. The Bertz CT molecular complexity index is 638. The van der Waals surface area contributed by atoms with Crippen molar-refractivity contribution in [3.63, 3.8) is 0 Å². The summed E-state index contributed by atoms with van der Waals surface area (Å²) >= 11 is 0. The zero-order valence-corrected chi connectivity index (χ0v) is 25.1. The molecule has 10 heteroatoms. The van der Waals surface area contributed by atoms with Crippen LogP contribution in [0.4, 0.5) is 0 Å². The maximum Gasteiger partial charge on any atom is 0.472 e. The van der Waals surface area contributed by atoms with E-state index in [0.717, 1.165) is 44.9 Å². The van der Waals surface area contributed by atoms with Gasteiger partial charge in [0, 0.05) is 12.8 Å². The fourth-order valence-corrected chi connectivity index (χ4v) is 4.28. The van der Waals surface area contributed by atoms with Gasteiger partial charge in [-0.15, -0.1) is 0 Å². The lowest BCUT2D eigenvalue weighted by atomic mass is 10.1. The van der Waals surface area contributed by atoms with Crippen LogP contribution >= 0.6 is 7.82 Å². The van der Waals surface area contributed by atoms with Crippen LogP contribution in [0.3, 0.4) is 0 Å². The SMILES string of the molecule is CCCCCCCCCC(=O)OC[C@@H](COP(=O)(O)OCC[N+](C)(C)C)OC(=O)CCCCCCCC. The van der Waals surface area contributed by atoms with Gasteiger partial charge in [0.2, 0.25) is 0 Å². The predicted molar refractivity (Wildman–Crippen MR) is 146 cm³/mol. The summed E-state index contributed by atoms with van der Waals surface area (Å²) in [4.78, 5) is 34.5. The Hall–Kier alpha value is -0.990. The van der Waals surface area contributed by atoms with Crippen LogP contribution < -0.4 is 0 Å². The molecule has 0 saturated carbocycles. The molecular weight excluding hydrogens is 497 g/mol. The summed E-state index contributed by atoms with van der Waals surface area (Å²) in [5.41, 5.74) is 0. The number of esters is 2. The van der Waals surface area contributed by atoms with E-state index in [1.165, 1.54) is 32.1 Å². The zero-order valence-electron chi connectivity index (χ0n) is 24.2. The average molecular weight is 553 g/mol. The highest BCUT2D eigenvalue weighted by Crippen LogP contribution is 2.43. The number of hydrogen-bond acceptors (Lipinski definition) is 7. The molecule has 1 N–H and O–H groups in total. The fourth-order valence-electron chi connectivity index (χ4n) is 3.54. The van der Waals surface area contributed by atoms with Crippen molar-refractivity contribution in [2.24, 2.45) is 0 Å². The zero-order chi connectivity index (χ0) is 28.0. The molecule has 0 radical (unpaired) electrons. The van der Waals surface area contributed by atoms with E-state index < -0.39 is 26.5 Å². The largest absolute Gasteiger partial charge is 0.472 e. The van der Waals surface area contributed by atoms with Crippen LogP contribution in [0.15, 0.2) is 0 Å². The van der Waals surface area contributed by atoms with E-state index in [9.17, 15) is 19.0 Å². The second-order valence-corrected chi connectivity index (χ2v) is 12.2. The van der Waals surface area contributed by atoms with Gasteiger partial charge >= 0.3 is 19.8 Å². The van der Waals surface area contributed by atoms with Gasteiger partial charge in [-0.25, -0.2) is 4.57 Å². The third kappa shape index (κ3) is 25.1. The van der Waals surface area contributed by atoms with E-state index in [2.05, 4.69) is 13.8 Å². The Kier molecular flexibility index (Phi) is 21.3.